The van der Waals surface area contributed by atoms with Gasteiger partial charge in [-0.25, -0.2) is 0 Å². The molecule has 1 aromatic rings. The van der Waals surface area contributed by atoms with Crippen molar-refractivity contribution in [2.24, 2.45) is 11.7 Å². The molecule has 0 aromatic heterocycles. The van der Waals surface area contributed by atoms with E-state index in [1.807, 2.05) is 19.9 Å². The number of amides is 1. The molecule has 1 amide bonds. The highest BCUT2D eigenvalue weighted by molar-refractivity contribution is 9.10. The number of hydrogen-bond donors (Lipinski definition) is 2. The summed E-state index contributed by atoms with van der Waals surface area (Å²) in [6.07, 6.45) is 2.73. The smallest absolute Gasteiger partial charge is 0.227 e. The van der Waals surface area contributed by atoms with Crippen LogP contribution in [0.5, 0.6) is 0 Å². The number of carbonyl (C=O) groups is 1. The average Bonchev–Trinajstić information content (AvgIpc) is 2.32. The van der Waals surface area contributed by atoms with Gasteiger partial charge in [-0.1, -0.05) is 40.9 Å². The molecule has 0 aliphatic rings. The van der Waals surface area contributed by atoms with Gasteiger partial charge in [0, 0.05) is 16.4 Å². The molecule has 106 valence electrons. The molecule has 0 aliphatic heterocycles. The highest BCUT2D eigenvalue weighted by atomic mass is 79.9. The van der Waals surface area contributed by atoms with E-state index in [1.165, 1.54) is 0 Å². The lowest BCUT2D eigenvalue weighted by atomic mass is 10.0. The number of rotatable bonds is 6. The van der Waals surface area contributed by atoms with Crippen LogP contribution in [-0.2, 0) is 4.79 Å². The van der Waals surface area contributed by atoms with Crippen LogP contribution in [0.25, 0.3) is 0 Å². The first-order valence-corrected chi connectivity index (χ1v) is 7.58. The molecule has 19 heavy (non-hydrogen) atoms. The van der Waals surface area contributed by atoms with E-state index in [9.17, 15) is 4.79 Å². The number of carbonyl (C=O) groups excluding carboxylic acids is 1. The molecule has 0 spiro atoms. The van der Waals surface area contributed by atoms with Crippen molar-refractivity contribution in [1.82, 2.24) is 0 Å². The molecule has 0 saturated carbocycles. The highest BCUT2D eigenvalue weighted by Crippen LogP contribution is 2.26. The first-order valence-electron chi connectivity index (χ1n) is 6.41. The number of anilines is 1. The molecule has 0 saturated heterocycles. The summed E-state index contributed by atoms with van der Waals surface area (Å²) < 4.78 is 0.889. The van der Waals surface area contributed by atoms with E-state index in [1.54, 1.807) is 12.1 Å². The Morgan fingerprint density at radius 3 is 2.68 bits per heavy atom. The third kappa shape index (κ3) is 5.93. The number of hydrogen-bond acceptors (Lipinski definition) is 2. The zero-order valence-electron chi connectivity index (χ0n) is 11.2. The summed E-state index contributed by atoms with van der Waals surface area (Å²) in [4.78, 5) is 12.0. The minimum Gasteiger partial charge on any atom is -0.328 e. The van der Waals surface area contributed by atoms with Crippen molar-refractivity contribution in [3.8, 4) is 0 Å². The lowest BCUT2D eigenvalue weighted by Crippen LogP contribution is -2.21. The number of halogens is 2. The molecule has 1 aromatic carbocycles. The van der Waals surface area contributed by atoms with Crippen molar-refractivity contribution in [2.45, 2.75) is 39.2 Å². The van der Waals surface area contributed by atoms with Gasteiger partial charge in [0.05, 0.1) is 10.7 Å². The van der Waals surface area contributed by atoms with Crippen LogP contribution in [0, 0.1) is 5.92 Å². The maximum Gasteiger partial charge on any atom is 0.227 e. The van der Waals surface area contributed by atoms with Gasteiger partial charge in [0.2, 0.25) is 5.91 Å². The quantitative estimate of drug-likeness (QED) is 0.810. The largest absolute Gasteiger partial charge is 0.328 e. The topological polar surface area (TPSA) is 55.1 Å². The third-order valence-electron chi connectivity index (χ3n) is 2.93. The van der Waals surface area contributed by atoms with Gasteiger partial charge in [-0.15, -0.1) is 0 Å². The van der Waals surface area contributed by atoms with E-state index < -0.39 is 0 Å². The fraction of sp³-hybridized carbons (Fsp3) is 0.500. The molecule has 0 bridgehead atoms. The van der Waals surface area contributed by atoms with E-state index in [2.05, 4.69) is 21.2 Å². The van der Waals surface area contributed by atoms with Crippen LogP contribution >= 0.6 is 27.5 Å². The number of benzene rings is 1. The maximum absolute atomic E-state index is 12.0. The molecule has 2 atom stereocenters. The Morgan fingerprint density at radius 2 is 2.11 bits per heavy atom. The number of nitrogens with two attached hydrogens (primary N) is 1. The average molecular weight is 348 g/mol. The predicted molar refractivity (Wildman–Crippen MR) is 84.4 cm³/mol. The van der Waals surface area contributed by atoms with Crippen LogP contribution in [0.1, 0.15) is 33.1 Å². The van der Waals surface area contributed by atoms with Crippen molar-refractivity contribution < 1.29 is 4.79 Å². The zero-order valence-corrected chi connectivity index (χ0v) is 13.6. The molecule has 0 radical (unpaired) electrons. The van der Waals surface area contributed by atoms with Crippen LogP contribution in [0.15, 0.2) is 22.7 Å². The summed E-state index contributed by atoms with van der Waals surface area (Å²) in [7, 11) is 0. The van der Waals surface area contributed by atoms with Crippen molar-refractivity contribution in [3.63, 3.8) is 0 Å². The van der Waals surface area contributed by atoms with Crippen LogP contribution in [0.3, 0.4) is 0 Å². The summed E-state index contributed by atoms with van der Waals surface area (Å²) in [6.45, 7) is 3.90. The summed E-state index contributed by atoms with van der Waals surface area (Å²) in [5, 5.41) is 3.39. The second kappa shape index (κ2) is 7.88. The van der Waals surface area contributed by atoms with Gasteiger partial charge in [0.1, 0.15) is 0 Å². The molecule has 0 fully saturated rings. The summed E-state index contributed by atoms with van der Waals surface area (Å²) in [6, 6.07) is 5.59. The van der Waals surface area contributed by atoms with E-state index >= 15 is 0 Å². The summed E-state index contributed by atoms with van der Waals surface area (Å²) in [5.74, 6) is -0.0487. The van der Waals surface area contributed by atoms with E-state index in [4.69, 9.17) is 17.3 Å². The fourth-order valence-corrected chi connectivity index (χ4v) is 2.44. The molecule has 3 nitrogen and oxygen atoms in total. The lowest BCUT2D eigenvalue weighted by molar-refractivity contribution is -0.119. The van der Waals surface area contributed by atoms with Gasteiger partial charge >= 0.3 is 0 Å². The van der Waals surface area contributed by atoms with Crippen LogP contribution in [-0.4, -0.2) is 11.9 Å². The Kier molecular flexibility index (Phi) is 6.83. The van der Waals surface area contributed by atoms with Crippen molar-refractivity contribution in [3.05, 3.63) is 27.7 Å². The van der Waals surface area contributed by atoms with Gasteiger partial charge in [-0.3, -0.25) is 4.79 Å². The van der Waals surface area contributed by atoms with Gasteiger partial charge in [0.25, 0.3) is 0 Å². The Bertz CT molecular complexity index is 437. The van der Waals surface area contributed by atoms with E-state index in [0.717, 1.165) is 23.7 Å². The first-order chi connectivity index (χ1) is 8.90. The minimum absolute atomic E-state index is 0.00565. The highest BCUT2D eigenvalue weighted by Gasteiger charge is 2.14. The minimum atomic E-state index is -0.0431. The number of nitrogens with one attached hydrogen (secondary N) is 1. The lowest BCUT2D eigenvalue weighted by Gasteiger charge is -2.13. The van der Waals surface area contributed by atoms with Crippen LogP contribution in [0.4, 0.5) is 5.69 Å². The standard InChI is InChI=1S/C14H20BrClN2O/c1-9(4-3-5-10(2)17)14(19)18-13-7-6-11(15)8-12(13)16/h6-10H,3-5,17H2,1-2H3,(H,18,19). The Morgan fingerprint density at radius 1 is 1.42 bits per heavy atom. The van der Waals surface area contributed by atoms with Gasteiger partial charge in [-0.2, -0.15) is 0 Å². The molecule has 2 unspecified atom stereocenters. The monoisotopic (exact) mass is 346 g/mol. The van der Waals surface area contributed by atoms with Gasteiger partial charge in [0.15, 0.2) is 0 Å². The van der Waals surface area contributed by atoms with Crippen molar-refractivity contribution in [2.75, 3.05) is 5.32 Å². The molecule has 1 rings (SSSR count). The zero-order chi connectivity index (χ0) is 14.4. The molecule has 0 heterocycles. The summed E-state index contributed by atoms with van der Waals surface area (Å²) >= 11 is 9.39. The molecular weight excluding hydrogens is 328 g/mol. The Hall–Kier alpha value is -0.580. The summed E-state index contributed by atoms with van der Waals surface area (Å²) in [5.41, 5.74) is 6.34. The fourth-order valence-electron chi connectivity index (χ4n) is 1.72. The van der Waals surface area contributed by atoms with Gasteiger partial charge in [-0.05, 0) is 38.0 Å². The second-order valence-electron chi connectivity index (χ2n) is 4.92. The molecular formula is C14H20BrClN2O. The Balaban J connectivity index is 2.49. The third-order valence-corrected chi connectivity index (χ3v) is 3.74. The maximum atomic E-state index is 12.0. The molecule has 3 N–H and O–H groups in total. The molecule has 5 heteroatoms. The van der Waals surface area contributed by atoms with Crippen molar-refractivity contribution in [1.29, 1.82) is 0 Å². The van der Waals surface area contributed by atoms with E-state index in [0.29, 0.717) is 10.7 Å². The van der Waals surface area contributed by atoms with Crippen molar-refractivity contribution >= 4 is 39.1 Å². The molecule has 0 aliphatic carbocycles. The normalized spacial score (nSPS) is 13.9. The Labute approximate surface area is 128 Å². The SMILES string of the molecule is CC(N)CCCC(C)C(=O)Nc1ccc(Br)cc1Cl. The van der Waals surface area contributed by atoms with Crippen LogP contribution in [0.2, 0.25) is 5.02 Å². The van der Waals surface area contributed by atoms with Gasteiger partial charge < -0.3 is 11.1 Å². The predicted octanol–water partition coefficient (Wildman–Crippen LogP) is 4.19. The second-order valence-corrected chi connectivity index (χ2v) is 6.25. The van der Waals surface area contributed by atoms with Crippen LogP contribution < -0.4 is 11.1 Å². The van der Waals surface area contributed by atoms with E-state index in [-0.39, 0.29) is 17.9 Å². The first kappa shape index (κ1) is 16.5.